The van der Waals surface area contributed by atoms with Gasteiger partial charge >= 0.3 is 5.97 Å². The van der Waals surface area contributed by atoms with Gasteiger partial charge in [-0.2, -0.15) is 4.98 Å². The first kappa shape index (κ1) is 36.4. The van der Waals surface area contributed by atoms with Crippen LogP contribution in [0.5, 0.6) is 0 Å². The highest BCUT2D eigenvalue weighted by Crippen LogP contribution is 2.31. The number of piperidine rings is 1. The molecule has 1 fully saturated rings. The number of nitrogens with zero attached hydrogens (tertiary/aromatic N) is 4. The largest absolute Gasteiger partial charge is 0.364 e. The number of anilines is 2. The minimum atomic E-state index is -4.18. The Morgan fingerprint density at radius 2 is 1.67 bits per heavy atom. The van der Waals surface area contributed by atoms with Crippen LogP contribution in [0.1, 0.15) is 35.3 Å². The van der Waals surface area contributed by atoms with Gasteiger partial charge in [-0.3, -0.25) is 14.1 Å². The molecule has 1 aliphatic rings. The van der Waals surface area contributed by atoms with Crippen molar-refractivity contribution in [3.63, 3.8) is 0 Å². The Morgan fingerprint density at radius 3 is 2.37 bits per heavy atom. The molecular formula is C35H31F5N6O5S. The molecule has 3 heterocycles. The second-order valence-electron chi connectivity index (χ2n) is 12.2. The number of carbonyl (C=O) groups is 1. The first-order chi connectivity index (χ1) is 24.8. The van der Waals surface area contributed by atoms with Crippen LogP contribution >= 0.6 is 0 Å². The van der Waals surface area contributed by atoms with Crippen LogP contribution in [0.3, 0.4) is 0 Å². The fourth-order valence-corrected chi connectivity index (χ4v) is 7.01. The third-order valence-corrected chi connectivity index (χ3v) is 9.55. The zero-order chi connectivity index (χ0) is 37.2. The Bertz CT molecular complexity index is 2260. The van der Waals surface area contributed by atoms with Gasteiger partial charge in [0.15, 0.2) is 11.6 Å². The predicted octanol–water partition coefficient (Wildman–Crippen LogP) is 6.10. The van der Waals surface area contributed by atoms with Gasteiger partial charge in [-0.1, -0.05) is 48.5 Å². The normalized spacial score (nSPS) is 17.2. The molecule has 272 valence electrons. The number of nitrogens with one attached hydrogen (secondary N) is 2. The zero-order valence-electron chi connectivity index (χ0n) is 27.3. The number of aromatic nitrogens is 3. The van der Waals surface area contributed by atoms with Crippen molar-refractivity contribution in [3.05, 3.63) is 118 Å². The number of hydrogen-bond acceptors (Lipinski definition) is 9. The van der Waals surface area contributed by atoms with E-state index >= 15 is 8.78 Å². The molecular weight excluding hydrogens is 711 g/mol. The standard InChI is InChI=1S/C35H31F5N6O5S/c1-20(31(39)40)46-32-23(16-41-35(43-32)42-25-15-24(36)17-45(18-25)51-34(48)22-10-6-3-7-11-22)14-27(33(46)47)26-12-13-28(30(38)29(26)37)44-52(49,50)19-21-8-4-2-5-9-21/h2-14,16,20,24-25,31,44H,15,17-19H2,1H3,(H,41,42,43)/t20?,24-,25-/m0/s1. The number of fused-ring (bicyclic) bond motifs is 1. The third kappa shape index (κ3) is 8.05. The topological polar surface area (TPSA) is 136 Å². The van der Waals surface area contributed by atoms with E-state index in [1.165, 1.54) is 6.20 Å². The Kier molecular flexibility index (Phi) is 10.5. The maximum Gasteiger partial charge on any atom is 0.357 e. The van der Waals surface area contributed by atoms with E-state index in [0.717, 1.165) is 30.2 Å². The number of pyridine rings is 1. The maximum atomic E-state index is 15.6. The SMILES string of the molecule is CC(C(F)F)n1c(=O)c(-c2ccc(NS(=O)(=O)Cc3ccccc3)c(F)c2F)cc2cnc(N[C@H]3C[C@H](F)CN(OC(=O)c4ccccc4)C3)nc21. The average Bonchev–Trinajstić information content (AvgIpc) is 3.10. The van der Waals surface area contributed by atoms with Crippen molar-refractivity contribution in [1.82, 2.24) is 19.6 Å². The van der Waals surface area contributed by atoms with E-state index in [-0.39, 0.29) is 42.1 Å². The molecule has 11 nitrogen and oxygen atoms in total. The van der Waals surface area contributed by atoms with E-state index in [0.29, 0.717) is 10.1 Å². The first-order valence-corrected chi connectivity index (χ1v) is 17.6. The molecule has 2 aromatic heterocycles. The quantitative estimate of drug-likeness (QED) is 0.154. The molecule has 0 amide bonds. The number of carbonyl (C=O) groups excluding carboxylic acids is 1. The van der Waals surface area contributed by atoms with E-state index in [2.05, 4.69) is 15.3 Å². The van der Waals surface area contributed by atoms with Crippen molar-refractivity contribution < 1.29 is 40.0 Å². The summed E-state index contributed by atoms with van der Waals surface area (Å²) in [5.41, 5.74) is -2.60. The fraction of sp³-hybridized carbons (Fsp3) is 0.257. The lowest BCUT2D eigenvalue weighted by molar-refractivity contribution is -0.134. The summed E-state index contributed by atoms with van der Waals surface area (Å²) in [5.74, 6) is -4.58. The van der Waals surface area contributed by atoms with Gasteiger partial charge < -0.3 is 10.2 Å². The molecule has 5 aromatic rings. The van der Waals surface area contributed by atoms with Crippen LogP contribution in [0, 0.1) is 11.6 Å². The fourth-order valence-electron chi connectivity index (χ4n) is 5.81. The Labute approximate surface area is 294 Å². The molecule has 2 N–H and O–H groups in total. The summed E-state index contributed by atoms with van der Waals surface area (Å²) in [5, 5.41) is 4.05. The summed E-state index contributed by atoms with van der Waals surface area (Å²) in [6, 6.07) is 16.6. The van der Waals surface area contributed by atoms with Crippen molar-refractivity contribution >= 4 is 38.7 Å². The van der Waals surface area contributed by atoms with Crippen LogP contribution < -0.4 is 15.6 Å². The van der Waals surface area contributed by atoms with Gasteiger partial charge in [-0.25, -0.2) is 40.1 Å². The van der Waals surface area contributed by atoms with Crippen LogP contribution in [0.2, 0.25) is 0 Å². The van der Waals surface area contributed by atoms with Crippen molar-refractivity contribution in [1.29, 1.82) is 0 Å². The van der Waals surface area contributed by atoms with Gasteiger partial charge in [-0.05, 0) is 42.8 Å². The number of hydrogen-bond donors (Lipinski definition) is 2. The van der Waals surface area contributed by atoms with Crippen LogP contribution in [0.15, 0.2) is 89.9 Å². The molecule has 1 saturated heterocycles. The summed E-state index contributed by atoms with van der Waals surface area (Å²) in [7, 11) is -4.18. The molecule has 0 saturated carbocycles. The number of benzene rings is 3. The maximum absolute atomic E-state index is 15.6. The molecule has 3 atom stereocenters. The zero-order valence-corrected chi connectivity index (χ0v) is 28.2. The first-order valence-electron chi connectivity index (χ1n) is 16.0. The third-order valence-electron chi connectivity index (χ3n) is 8.30. The summed E-state index contributed by atoms with van der Waals surface area (Å²) in [4.78, 5) is 40.1. The van der Waals surface area contributed by atoms with Crippen molar-refractivity contribution in [2.75, 3.05) is 23.1 Å². The summed E-state index contributed by atoms with van der Waals surface area (Å²) in [6.45, 7) is 0.865. The summed E-state index contributed by atoms with van der Waals surface area (Å²) >= 11 is 0. The van der Waals surface area contributed by atoms with Crippen molar-refractivity contribution in [2.24, 2.45) is 0 Å². The minimum absolute atomic E-state index is 0.00512. The minimum Gasteiger partial charge on any atom is -0.364 e. The monoisotopic (exact) mass is 742 g/mol. The van der Waals surface area contributed by atoms with Gasteiger partial charge in [0.25, 0.3) is 12.0 Å². The van der Waals surface area contributed by atoms with Gasteiger partial charge in [0, 0.05) is 29.6 Å². The van der Waals surface area contributed by atoms with E-state index in [4.69, 9.17) is 4.84 Å². The van der Waals surface area contributed by atoms with Gasteiger partial charge in [0.1, 0.15) is 11.8 Å². The lowest BCUT2D eigenvalue weighted by Crippen LogP contribution is -2.48. The smallest absolute Gasteiger partial charge is 0.357 e. The number of hydroxylamine groups is 2. The number of halogens is 5. The number of alkyl halides is 3. The second-order valence-corrected chi connectivity index (χ2v) is 13.9. The van der Waals surface area contributed by atoms with E-state index in [1.807, 2.05) is 4.72 Å². The molecule has 1 unspecified atom stereocenters. The molecule has 0 aliphatic carbocycles. The Morgan fingerprint density at radius 1 is 0.981 bits per heavy atom. The van der Waals surface area contributed by atoms with Crippen LogP contribution in [0.25, 0.3) is 22.2 Å². The average molecular weight is 743 g/mol. The second kappa shape index (κ2) is 15.1. The molecule has 3 aromatic carbocycles. The van der Waals surface area contributed by atoms with Crippen molar-refractivity contribution in [3.8, 4) is 11.1 Å². The Hall–Kier alpha value is -5.42. The molecule has 0 bridgehead atoms. The van der Waals surface area contributed by atoms with Crippen LogP contribution in [0.4, 0.5) is 33.6 Å². The molecule has 17 heteroatoms. The molecule has 0 radical (unpaired) electrons. The number of sulfonamides is 1. The summed E-state index contributed by atoms with van der Waals surface area (Å²) < 4.78 is 102. The lowest BCUT2D eigenvalue weighted by atomic mass is 10.0. The molecule has 1 aliphatic heterocycles. The van der Waals surface area contributed by atoms with Crippen LogP contribution in [-0.4, -0.2) is 65.7 Å². The summed E-state index contributed by atoms with van der Waals surface area (Å²) in [6.07, 6.45) is -3.38. The molecule has 6 rings (SSSR count). The van der Waals surface area contributed by atoms with Gasteiger partial charge in [0.2, 0.25) is 16.0 Å². The predicted molar refractivity (Wildman–Crippen MR) is 183 cm³/mol. The highest BCUT2D eigenvalue weighted by molar-refractivity contribution is 7.91. The van der Waals surface area contributed by atoms with Gasteiger partial charge in [0.05, 0.1) is 41.7 Å². The highest BCUT2D eigenvalue weighted by atomic mass is 32.2. The van der Waals surface area contributed by atoms with E-state index in [1.54, 1.807) is 60.7 Å². The van der Waals surface area contributed by atoms with E-state index < -0.39 is 80.4 Å². The van der Waals surface area contributed by atoms with E-state index in [9.17, 15) is 31.2 Å². The van der Waals surface area contributed by atoms with Crippen LogP contribution in [-0.2, 0) is 20.6 Å². The molecule has 52 heavy (non-hydrogen) atoms. The highest BCUT2D eigenvalue weighted by Gasteiger charge is 2.31. The van der Waals surface area contributed by atoms with Crippen molar-refractivity contribution in [2.45, 2.75) is 43.8 Å². The lowest BCUT2D eigenvalue weighted by Gasteiger charge is -2.33. The number of rotatable bonds is 11. The van der Waals surface area contributed by atoms with Gasteiger partial charge in [-0.15, -0.1) is 5.06 Å². The Balaban J connectivity index is 1.29. The molecule has 0 spiro atoms.